The Bertz CT molecular complexity index is 1570. The summed E-state index contributed by atoms with van der Waals surface area (Å²) in [6.45, 7) is 3.67. The highest BCUT2D eigenvalue weighted by Crippen LogP contribution is 2.21. The van der Waals surface area contributed by atoms with Crippen LogP contribution in [0.5, 0.6) is 0 Å². The minimum absolute atomic E-state index is 0.00832. The Morgan fingerprint density at radius 1 is 1.03 bits per heavy atom. The maximum absolute atomic E-state index is 13.6. The maximum Gasteiger partial charge on any atom is 0.330 e. The fourth-order valence-corrected chi connectivity index (χ4v) is 3.80. The first-order valence-electron chi connectivity index (χ1n) is 10.7. The van der Waals surface area contributed by atoms with Gasteiger partial charge in [0, 0.05) is 12.4 Å². The average Bonchev–Trinajstić information content (AvgIpc) is 2.82. The molecule has 4 rings (SSSR count). The molecule has 0 saturated carbocycles. The van der Waals surface area contributed by atoms with Crippen LogP contribution in [0.1, 0.15) is 35.9 Å². The van der Waals surface area contributed by atoms with E-state index in [9.17, 15) is 19.2 Å². The quantitative estimate of drug-likeness (QED) is 0.466. The molecule has 2 aromatic carbocycles. The molecule has 0 saturated heterocycles. The van der Waals surface area contributed by atoms with Gasteiger partial charge in [-0.05, 0) is 25.5 Å². The highest BCUT2D eigenvalue weighted by Gasteiger charge is 2.26. The summed E-state index contributed by atoms with van der Waals surface area (Å²) < 4.78 is 2.42. The van der Waals surface area contributed by atoms with Crippen LogP contribution in [0.25, 0.3) is 10.8 Å². The van der Waals surface area contributed by atoms with Gasteiger partial charge in [0.25, 0.3) is 17.0 Å². The van der Waals surface area contributed by atoms with Crippen LogP contribution in [0.2, 0.25) is 0 Å². The predicted octanol–water partition coefficient (Wildman–Crippen LogP) is 1.73. The molecule has 0 fully saturated rings. The van der Waals surface area contributed by atoms with Gasteiger partial charge in [0.1, 0.15) is 5.82 Å². The normalized spacial score (nSPS) is 11.2. The molecule has 10 nitrogen and oxygen atoms in total. The number of carbonyl (C=O) groups is 1. The lowest BCUT2D eigenvalue weighted by Gasteiger charge is -2.21. The summed E-state index contributed by atoms with van der Waals surface area (Å²) in [6.07, 6.45) is 0. The summed E-state index contributed by atoms with van der Waals surface area (Å²) >= 11 is 0. The number of anilines is 2. The van der Waals surface area contributed by atoms with Crippen LogP contribution in [0.3, 0.4) is 0 Å². The van der Waals surface area contributed by atoms with Crippen molar-refractivity contribution in [3.63, 3.8) is 0 Å². The number of H-pyrrole nitrogens is 1. The first-order chi connectivity index (χ1) is 16.2. The van der Waals surface area contributed by atoms with Gasteiger partial charge in [-0.3, -0.25) is 23.9 Å². The Morgan fingerprint density at radius 2 is 1.65 bits per heavy atom. The lowest BCUT2D eigenvalue weighted by Crippen LogP contribution is -2.40. The van der Waals surface area contributed by atoms with Crippen molar-refractivity contribution >= 4 is 28.2 Å². The van der Waals surface area contributed by atoms with Crippen LogP contribution in [-0.4, -0.2) is 32.3 Å². The summed E-state index contributed by atoms with van der Waals surface area (Å²) in [6, 6.07) is 15.5. The number of nitrogens with two attached hydrogens (primary N) is 1. The monoisotopic (exact) mass is 460 g/mol. The van der Waals surface area contributed by atoms with E-state index in [0.717, 1.165) is 10.5 Å². The van der Waals surface area contributed by atoms with Crippen molar-refractivity contribution in [1.29, 1.82) is 0 Å². The average molecular weight is 460 g/mol. The van der Waals surface area contributed by atoms with Crippen molar-refractivity contribution < 1.29 is 4.79 Å². The molecule has 4 aromatic rings. The zero-order valence-electron chi connectivity index (χ0n) is 19.0. The zero-order valence-corrected chi connectivity index (χ0v) is 19.0. The number of fused-ring (bicyclic) bond motifs is 1. The summed E-state index contributed by atoms with van der Waals surface area (Å²) in [4.78, 5) is 54.9. The van der Waals surface area contributed by atoms with Gasteiger partial charge < -0.3 is 10.6 Å². The molecule has 3 N–H and O–H groups in total. The molecule has 0 aliphatic rings. The molecule has 174 valence electrons. The first kappa shape index (κ1) is 22.7. The number of aromatic nitrogens is 4. The molecule has 0 aliphatic carbocycles. The van der Waals surface area contributed by atoms with Crippen molar-refractivity contribution in [2.24, 2.45) is 0 Å². The molecule has 0 aliphatic heterocycles. The molecular formula is C24H24N6O4. The van der Waals surface area contributed by atoms with E-state index in [1.54, 1.807) is 38.1 Å². The van der Waals surface area contributed by atoms with Gasteiger partial charge >= 0.3 is 5.69 Å². The Kier molecular flexibility index (Phi) is 5.89. The van der Waals surface area contributed by atoms with E-state index < -0.39 is 17.2 Å². The van der Waals surface area contributed by atoms with Gasteiger partial charge in [0.05, 0.1) is 18.0 Å². The van der Waals surface area contributed by atoms with Crippen LogP contribution in [-0.2, 0) is 6.54 Å². The van der Waals surface area contributed by atoms with E-state index in [0.29, 0.717) is 10.8 Å². The number of nitrogen functional groups attached to an aromatic ring is 1. The summed E-state index contributed by atoms with van der Waals surface area (Å²) in [5, 5.41) is 4.99. The van der Waals surface area contributed by atoms with Crippen molar-refractivity contribution in [2.45, 2.75) is 26.4 Å². The fourth-order valence-electron chi connectivity index (χ4n) is 3.80. The highest BCUT2D eigenvalue weighted by molar-refractivity contribution is 6.12. The van der Waals surface area contributed by atoms with E-state index in [2.05, 4.69) is 10.1 Å². The molecule has 10 heteroatoms. The smallest absolute Gasteiger partial charge is 0.330 e. The van der Waals surface area contributed by atoms with Gasteiger partial charge in [0.15, 0.2) is 11.4 Å². The van der Waals surface area contributed by atoms with E-state index >= 15 is 0 Å². The van der Waals surface area contributed by atoms with Crippen LogP contribution >= 0.6 is 0 Å². The first-order valence-corrected chi connectivity index (χ1v) is 10.7. The van der Waals surface area contributed by atoms with Crippen molar-refractivity contribution in [3.05, 3.63) is 97.0 Å². The van der Waals surface area contributed by atoms with Crippen LogP contribution in [0.4, 0.5) is 11.5 Å². The number of hydrogen-bond donors (Lipinski definition) is 2. The molecule has 34 heavy (non-hydrogen) atoms. The van der Waals surface area contributed by atoms with Crippen LogP contribution < -0.4 is 27.4 Å². The molecule has 0 radical (unpaired) electrons. The van der Waals surface area contributed by atoms with E-state index in [1.807, 2.05) is 30.3 Å². The molecule has 0 atom stereocenters. The Morgan fingerprint density at radius 3 is 2.29 bits per heavy atom. The standard InChI is InChI=1S/C24H24N6O4/c1-14(2)30-22(32)17-12-8-7-11-16(17)18(27-30)23(33)28(3)19-20(25)29(24(34)26-21(19)31)13-15-9-5-4-6-10-15/h4-12,14H,13,25H2,1-3H3,(H,26,31,34). The van der Waals surface area contributed by atoms with Gasteiger partial charge in [-0.15, -0.1) is 0 Å². The third-order valence-electron chi connectivity index (χ3n) is 5.56. The Balaban J connectivity index is 1.86. The predicted molar refractivity (Wildman–Crippen MR) is 130 cm³/mol. The Hall–Kier alpha value is -4.47. The molecular weight excluding hydrogens is 436 g/mol. The van der Waals surface area contributed by atoms with Crippen LogP contribution in [0, 0.1) is 0 Å². The highest BCUT2D eigenvalue weighted by atomic mass is 16.2. The minimum Gasteiger partial charge on any atom is -0.383 e. The van der Waals surface area contributed by atoms with Crippen molar-refractivity contribution in [1.82, 2.24) is 19.3 Å². The van der Waals surface area contributed by atoms with Crippen molar-refractivity contribution in [3.8, 4) is 0 Å². The second-order valence-electron chi connectivity index (χ2n) is 8.17. The number of nitrogens with zero attached hydrogens (tertiary/aromatic N) is 4. The number of aromatic amines is 1. The van der Waals surface area contributed by atoms with E-state index in [-0.39, 0.29) is 35.3 Å². The lowest BCUT2D eigenvalue weighted by molar-refractivity contribution is 0.0987. The zero-order chi connectivity index (χ0) is 24.6. The minimum atomic E-state index is -0.802. The molecule has 1 amide bonds. The second kappa shape index (κ2) is 8.81. The molecule has 2 aromatic heterocycles. The number of hydrogen-bond acceptors (Lipinski definition) is 6. The Labute approximate surface area is 193 Å². The molecule has 2 heterocycles. The number of benzene rings is 2. The third-order valence-corrected chi connectivity index (χ3v) is 5.56. The topological polar surface area (TPSA) is 136 Å². The molecule has 0 unspecified atom stereocenters. The summed E-state index contributed by atoms with van der Waals surface area (Å²) in [5.41, 5.74) is 5.03. The number of nitrogens with one attached hydrogen (secondary N) is 1. The van der Waals surface area contributed by atoms with Gasteiger partial charge in [-0.1, -0.05) is 48.5 Å². The van der Waals surface area contributed by atoms with Crippen LogP contribution in [0.15, 0.2) is 69.0 Å². The lowest BCUT2D eigenvalue weighted by atomic mass is 10.1. The number of amides is 1. The largest absolute Gasteiger partial charge is 0.383 e. The summed E-state index contributed by atoms with van der Waals surface area (Å²) in [7, 11) is 1.38. The fraction of sp³-hybridized carbons (Fsp3) is 0.208. The summed E-state index contributed by atoms with van der Waals surface area (Å²) in [5.74, 6) is -0.803. The number of rotatable bonds is 5. The number of carbonyl (C=O) groups excluding carboxylic acids is 1. The SMILES string of the molecule is CC(C)n1nc(C(=O)N(C)c2c(N)n(Cc3ccccc3)c(=O)[nH]c2=O)c2ccccc2c1=O. The molecule has 0 spiro atoms. The van der Waals surface area contributed by atoms with E-state index in [4.69, 9.17) is 5.73 Å². The van der Waals surface area contributed by atoms with E-state index in [1.165, 1.54) is 16.3 Å². The maximum atomic E-state index is 13.6. The van der Waals surface area contributed by atoms with Crippen molar-refractivity contribution in [2.75, 3.05) is 17.7 Å². The second-order valence-corrected chi connectivity index (χ2v) is 8.17. The van der Waals surface area contributed by atoms with Gasteiger partial charge in [-0.2, -0.15) is 5.10 Å². The van der Waals surface area contributed by atoms with Gasteiger partial charge in [-0.25, -0.2) is 9.48 Å². The van der Waals surface area contributed by atoms with Gasteiger partial charge in [0.2, 0.25) is 0 Å². The third kappa shape index (κ3) is 3.90. The molecule has 0 bridgehead atoms.